The summed E-state index contributed by atoms with van der Waals surface area (Å²) in [5.41, 5.74) is 8.59. The monoisotopic (exact) mass is 370 g/mol. The number of aryl methyl sites for hydroxylation is 3. The summed E-state index contributed by atoms with van der Waals surface area (Å²) in [6.45, 7) is 6.23. The van der Waals surface area contributed by atoms with E-state index in [1.54, 1.807) is 6.07 Å². The lowest BCUT2D eigenvalue weighted by Crippen LogP contribution is -2.01. The normalized spacial score (nSPS) is 11.1. The van der Waals surface area contributed by atoms with E-state index in [9.17, 15) is 9.90 Å². The van der Waals surface area contributed by atoms with Gasteiger partial charge in [-0.25, -0.2) is 4.79 Å². The largest absolute Gasteiger partial charge is 0.423 e. The molecule has 0 bridgehead atoms. The van der Waals surface area contributed by atoms with Crippen molar-refractivity contribution in [2.45, 2.75) is 27.4 Å². The molecule has 0 saturated heterocycles. The highest BCUT2D eigenvalue weighted by Gasteiger charge is 2.16. The molecule has 0 aliphatic rings. The van der Waals surface area contributed by atoms with Crippen LogP contribution < -0.4 is 5.63 Å². The summed E-state index contributed by atoms with van der Waals surface area (Å²) in [5, 5.41) is 10.4. The van der Waals surface area contributed by atoms with Gasteiger partial charge < -0.3 is 9.52 Å². The van der Waals surface area contributed by atoms with E-state index in [0.29, 0.717) is 5.58 Å². The Hall–Kier alpha value is -3.17. The van der Waals surface area contributed by atoms with Gasteiger partial charge in [0.1, 0.15) is 5.58 Å². The number of hydrogen-bond donors (Lipinski definition) is 1. The Bertz CT molecular complexity index is 1210. The molecule has 3 nitrogen and oxygen atoms in total. The average Bonchev–Trinajstić information content (AvgIpc) is 2.69. The van der Waals surface area contributed by atoms with Gasteiger partial charge in [0.25, 0.3) is 0 Å². The van der Waals surface area contributed by atoms with Crippen molar-refractivity contribution in [3.63, 3.8) is 0 Å². The van der Waals surface area contributed by atoms with Crippen LogP contribution >= 0.6 is 0 Å². The molecule has 0 radical (unpaired) electrons. The summed E-state index contributed by atoms with van der Waals surface area (Å²) in [4.78, 5) is 12.1. The Morgan fingerprint density at radius 1 is 0.857 bits per heavy atom. The molecular formula is C25H22O3. The van der Waals surface area contributed by atoms with E-state index in [1.165, 1.54) is 0 Å². The zero-order valence-electron chi connectivity index (χ0n) is 16.2. The molecule has 3 aromatic carbocycles. The molecule has 0 atom stereocenters. The minimum Gasteiger partial charge on any atom is -0.423 e. The van der Waals surface area contributed by atoms with Crippen LogP contribution in [-0.2, 0) is 6.61 Å². The fourth-order valence-electron chi connectivity index (χ4n) is 4.12. The maximum absolute atomic E-state index is 12.1. The molecule has 0 saturated carbocycles. The third kappa shape index (κ3) is 3.04. The van der Waals surface area contributed by atoms with Crippen LogP contribution in [0.3, 0.4) is 0 Å². The quantitative estimate of drug-likeness (QED) is 0.481. The lowest BCUT2D eigenvalue weighted by molar-refractivity contribution is 0.281. The SMILES string of the molecule is Cc1cc(CO)cc(C)c1-c1ccc2oc(=O)cc(-c3ccccc3)c2c1C. The third-order valence-corrected chi connectivity index (χ3v) is 5.30. The van der Waals surface area contributed by atoms with Crippen LogP contribution in [0.2, 0.25) is 0 Å². The molecule has 4 aromatic rings. The summed E-state index contributed by atoms with van der Waals surface area (Å²) < 4.78 is 5.50. The van der Waals surface area contributed by atoms with Gasteiger partial charge in [-0.1, -0.05) is 48.5 Å². The van der Waals surface area contributed by atoms with Crippen molar-refractivity contribution in [1.82, 2.24) is 0 Å². The number of rotatable bonds is 3. The van der Waals surface area contributed by atoms with Gasteiger partial charge in [0.15, 0.2) is 0 Å². The highest BCUT2D eigenvalue weighted by atomic mass is 16.4. The first kappa shape index (κ1) is 18.2. The predicted octanol–water partition coefficient (Wildman–Crippen LogP) is 5.54. The number of fused-ring (bicyclic) bond motifs is 1. The van der Waals surface area contributed by atoms with E-state index < -0.39 is 0 Å². The summed E-state index contributed by atoms with van der Waals surface area (Å²) in [7, 11) is 0. The molecule has 1 aromatic heterocycles. The molecule has 0 fully saturated rings. The minimum absolute atomic E-state index is 0.0297. The van der Waals surface area contributed by atoms with Gasteiger partial charge in [-0.3, -0.25) is 0 Å². The number of benzene rings is 3. The molecule has 0 spiro atoms. The summed E-state index contributed by atoms with van der Waals surface area (Å²) in [5.74, 6) is 0. The van der Waals surface area contributed by atoms with E-state index >= 15 is 0 Å². The number of aliphatic hydroxyl groups excluding tert-OH is 1. The molecule has 1 heterocycles. The number of hydrogen-bond acceptors (Lipinski definition) is 3. The molecule has 0 aliphatic heterocycles. The fourth-order valence-corrected chi connectivity index (χ4v) is 4.12. The van der Waals surface area contributed by atoms with E-state index in [-0.39, 0.29) is 12.2 Å². The maximum Gasteiger partial charge on any atom is 0.336 e. The molecule has 140 valence electrons. The van der Waals surface area contributed by atoms with Crippen LogP contribution in [0.5, 0.6) is 0 Å². The lowest BCUT2D eigenvalue weighted by Gasteiger charge is -2.17. The van der Waals surface area contributed by atoms with Crippen LogP contribution in [0.4, 0.5) is 0 Å². The van der Waals surface area contributed by atoms with Gasteiger partial charge in [0, 0.05) is 17.0 Å². The highest BCUT2D eigenvalue weighted by molar-refractivity contribution is 5.99. The Labute approximate surface area is 163 Å². The maximum atomic E-state index is 12.1. The summed E-state index contributed by atoms with van der Waals surface area (Å²) in [6.07, 6.45) is 0. The first-order valence-corrected chi connectivity index (χ1v) is 9.34. The van der Waals surface area contributed by atoms with Gasteiger partial charge in [-0.2, -0.15) is 0 Å². The Kier molecular flexibility index (Phi) is 4.62. The summed E-state index contributed by atoms with van der Waals surface area (Å²) >= 11 is 0. The fraction of sp³-hybridized carbons (Fsp3) is 0.160. The molecule has 4 rings (SSSR count). The second-order valence-electron chi connectivity index (χ2n) is 7.22. The first-order chi connectivity index (χ1) is 13.5. The minimum atomic E-state index is -0.349. The van der Waals surface area contributed by atoms with Crippen molar-refractivity contribution >= 4 is 11.0 Å². The van der Waals surface area contributed by atoms with Crippen molar-refractivity contribution in [2.24, 2.45) is 0 Å². The third-order valence-electron chi connectivity index (χ3n) is 5.30. The van der Waals surface area contributed by atoms with Crippen molar-refractivity contribution in [3.8, 4) is 22.3 Å². The Morgan fingerprint density at radius 2 is 1.54 bits per heavy atom. The van der Waals surface area contributed by atoms with Crippen molar-refractivity contribution < 1.29 is 9.52 Å². The van der Waals surface area contributed by atoms with Gasteiger partial charge >= 0.3 is 5.63 Å². The highest BCUT2D eigenvalue weighted by Crippen LogP contribution is 2.37. The van der Waals surface area contributed by atoms with Crippen molar-refractivity contribution in [2.75, 3.05) is 0 Å². The smallest absolute Gasteiger partial charge is 0.336 e. The van der Waals surface area contributed by atoms with Crippen molar-refractivity contribution in [1.29, 1.82) is 0 Å². The zero-order valence-corrected chi connectivity index (χ0v) is 16.2. The topological polar surface area (TPSA) is 50.4 Å². The second-order valence-corrected chi connectivity index (χ2v) is 7.22. The van der Waals surface area contributed by atoms with Gasteiger partial charge in [-0.05, 0) is 65.8 Å². The molecule has 28 heavy (non-hydrogen) atoms. The number of aliphatic hydroxyl groups is 1. The molecule has 3 heteroatoms. The second kappa shape index (κ2) is 7.10. The molecule has 1 N–H and O–H groups in total. The van der Waals surface area contributed by atoms with Gasteiger partial charge in [-0.15, -0.1) is 0 Å². The van der Waals surface area contributed by atoms with Crippen LogP contribution in [0.1, 0.15) is 22.3 Å². The van der Waals surface area contributed by atoms with E-state index in [4.69, 9.17) is 4.42 Å². The molecule has 0 amide bonds. The zero-order chi connectivity index (χ0) is 19.8. The Balaban J connectivity index is 2.06. The van der Waals surface area contributed by atoms with Gasteiger partial charge in [0.2, 0.25) is 0 Å². The molecular weight excluding hydrogens is 348 g/mol. The molecule has 0 aliphatic carbocycles. The van der Waals surface area contributed by atoms with Gasteiger partial charge in [0.05, 0.1) is 6.61 Å². The van der Waals surface area contributed by atoms with Crippen LogP contribution in [0.25, 0.3) is 33.2 Å². The predicted molar refractivity (Wildman–Crippen MR) is 113 cm³/mol. The van der Waals surface area contributed by atoms with E-state index in [1.807, 2.05) is 54.6 Å². The van der Waals surface area contributed by atoms with Crippen molar-refractivity contribution in [3.05, 3.63) is 93.3 Å². The lowest BCUT2D eigenvalue weighted by atomic mass is 9.88. The van der Waals surface area contributed by atoms with E-state index in [0.717, 1.165) is 49.9 Å². The Morgan fingerprint density at radius 3 is 2.18 bits per heavy atom. The first-order valence-electron chi connectivity index (χ1n) is 9.34. The summed E-state index contributed by atoms with van der Waals surface area (Å²) in [6, 6.07) is 19.4. The van der Waals surface area contributed by atoms with E-state index in [2.05, 4.69) is 20.8 Å². The van der Waals surface area contributed by atoms with Crippen LogP contribution in [-0.4, -0.2) is 5.11 Å². The van der Waals surface area contributed by atoms with Crippen LogP contribution in [0, 0.1) is 20.8 Å². The molecule has 0 unspecified atom stereocenters. The standard InChI is InChI=1S/C25H22O3/c1-15-11-18(14-26)12-16(2)24(15)20-9-10-22-25(17(20)3)21(13-23(27)28-22)19-7-5-4-6-8-19/h4-13,26H,14H2,1-3H3. The van der Waals surface area contributed by atoms with Crippen LogP contribution in [0.15, 0.2) is 69.9 Å². The average molecular weight is 370 g/mol.